The first-order valence-electron chi connectivity index (χ1n) is 9.37. The Balaban J connectivity index is 1.65. The zero-order valence-electron chi connectivity index (χ0n) is 15.3. The molecule has 0 unspecified atom stereocenters. The summed E-state index contributed by atoms with van der Waals surface area (Å²) in [6.07, 6.45) is 1.64. The monoisotopic (exact) mass is 486 g/mol. The maximum absolute atomic E-state index is 4.68. The topological polar surface area (TPSA) is 40.3 Å². The molecule has 29 heavy (non-hydrogen) atoms. The summed E-state index contributed by atoms with van der Waals surface area (Å²) in [6.45, 7) is 0. The maximum Gasteiger partial charge on any atom is 0.242 e. The Bertz CT molecular complexity index is 1330. The van der Waals surface area contributed by atoms with Crippen LogP contribution in [0.5, 0.6) is 0 Å². The summed E-state index contributed by atoms with van der Waals surface area (Å²) in [4.78, 5) is 6.65. The Kier molecular flexibility index (Phi) is 3.87. The average Bonchev–Trinajstić information content (AvgIpc) is 3.13. The number of guanidine groups is 1. The van der Waals surface area contributed by atoms with Gasteiger partial charge in [-0.1, -0.05) is 66.7 Å². The van der Waals surface area contributed by atoms with Crippen LogP contribution in [0.1, 0.15) is 0 Å². The van der Waals surface area contributed by atoms with Gasteiger partial charge in [0, 0.05) is 11.1 Å². The molecule has 0 spiro atoms. The van der Waals surface area contributed by atoms with Gasteiger partial charge in [-0.3, -0.25) is 4.90 Å². The molecule has 4 aromatic carbocycles. The molecule has 4 aromatic rings. The van der Waals surface area contributed by atoms with Gasteiger partial charge < -0.3 is 0 Å². The lowest BCUT2D eigenvalue weighted by Crippen LogP contribution is -2.24. The Morgan fingerprint density at radius 2 is 1.38 bits per heavy atom. The Morgan fingerprint density at radius 3 is 2.14 bits per heavy atom. The van der Waals surface area contributed by atoms with E-state index in [9.17, 15) is 0 Å². The van der Waals surface area contributed by atoms with E-state index in [1.165, 1.54) is 33.0 Å². The highest BCUT2D eigenvalue weighted by Gasteiger charge is 2.25. The zero-order valence-corrected chi connectivity index (χ0v) is 17.5. The van der Waals surface area contributed by atoms with Gasteiger partial charge in [0.1, 0.15) is 27.6 Å². The molecule has 0 fully saturated rings. The SMILES string of the molecule is C1=NC(N(c2ccccc2)c2ccc3c4c(cccc24)-c2ccccc2-3)=NI=N1. The number of anilines is 2. The molecule has 0 aromatic heterocycles. The first-order chi connectivity index (χ1) is 14.4. The van der Waals surface area contributed by atoms with Gasteiger partial charge in [-0.2, -0.15) is 11.3 Å². The van der Waals surface area contributed by atoms with Gasteiger partial charge in [0.25, 0.3) is 0 Å². The largest absolute Gasteiger partial charge is 0.278 e. The minimum atomic E-state index is -0.604. The highest BCUT2D eigenvalue weighted by molar-refractivity contribution is 14.1. The van der Waals surface area contributed by atoms with Gasteiger partial charge in [0.2, 0.25) is 5.96 Å². The highest BCUT2D eigenvalue weighted by atomic mass is 127. The van der Waals surface area contributed by atoms with Crippen molar-refractivity contribution in [3.63, 3.8) is 0 Å². The molecule has 0 bridgehead atoms. The van der Waals surface area contributed by atoms with Crippen LogP contribution in [-0.4, -0.2) is 12.3 Å². The minimum absolute atomic E-state index is 0.604. The lowest BCUT2D eigenvalue weighted by Gasteiger charge is -2.25. The van der Waals surface area contributed by atoms with Crippen LogP contribution in [0.3, 0.4) is 0 Å². The molecule has 0 saturated carbocycles. The lowest BCUT2D eigenvalue weighted by molar-refractivity contribution is 1.32. The molecular formula is C24H15IN4. The van der Waals surface area contributed by atoms with Crippen molar-refractivity contribution in [3.05, 3.63) is 84.9 Å². The second-order valence-corrected chi connectivity index (χ2v) is 8.35. The van der Waals surface area contributed by atoms with Gasteiger partial charge in [-0.15, -0.1) is 0 Å². The van der Waals surface area contributed by atoms with Crippen LogP contribution in [0.15, 0.2) is 96.3 Å². The van der Waals surface area contributed by atoms with Crippen molar-refractivity contribution in [2.24, 2.45) is 11.3 Å². The van der Waals surface area contributed by atoms with Crippen molar-refractivity contribution in [1.29, 1.82) is 0 Å². The summed E-state index contributed by atoms with van der Waals surface area (Å²) in [5.74, 6) is 0.704. The van der Waals surface area contributed by atoms with Gasteiger partial charge in [0.15, 0.2) is 0 Å². The Labute approximate surface area is 178 Å². The van der Waals surface area contributed by atoms with Crippen LogP contribution < -0.4 is 4.90 Å². The van der Waals surface area contributed by atoms with E-state index >= 15 is 0 Å². The summed E-state index contributed by atoms with van der Waals surface area (Å²) < 4.78 is 8.91. The number of hydrogen-bond acceptors (Lipinski definition) is 4. The molecule has 1 heterocycles. The molecule has 0 radical (unpaired) electrons. The predicted octanol–water partition coefficient (Wildman–Crippen LogP) is 7.09. The molecule has 2 aliphatic rings. The molecule has 1 aliphatic heterocycles. The van der Waals surface area contributed by atoms with Gasteiger partial charge in [-0.05, 0) is 45.8 Å². The van der Waals surface area contributed by atoms with Crippen molar-refractivity contribution in [2.75, 3.05) is 4.90 Å². The summed E-state index contributed by atoms with van der Waals surface area (Å²) in [6, 6.07) is 29.9. The normalized spacial score (nSPS) is 13.7. The third-order valence-electron chi connectivity index (χ3n) is 5.35. The second-order valence-electron chi connectivity index (χ2n) is 6.88. The molecule has 0 atom stereocenters. The second kappa shape index (κ2) is 6.70. The van der Waals surface area contributed by atoms with Crippen molar-refractivity contribution in [2.45, 2.75) is 0 Å². The van der Waals surface area contributed by atoms with Crippen molar-refractivity contribution in [1.82, 2.24) is 0 Å². The smallest absolute Gasteiger partial charge is 0.242 e. The van der Waals surface area contributed by atoms with E-state index < -0.39 is 21.3 Å². The maximum atomic E-state index is 4.68. The number of aliphatic imine (C=N–C) groups is 1. The number of nitrogens with zero attached hydrogens (tertiary/aromatic N) is 4. The Hall–Kier alpha value is -3.19. The molecule has 1 aliphatic carbocycles. The van der Waals surface area contributed by atoms with Crippen LogP contribution in [0, 0.1) is 0 Å². The molecule has 138 valence electrons. The molecule has 4 nitrogen and oxygen atoms in total. The van der Waals surface area contributed by atoms with E-state index in [1.807, 2.05) is 18.2 Å². The van der Waals surface area contributed by atoms with Crippen LogP contribution >= 0.6 is 21.3 Å². The van der Waals surface area contributed by atoms with Crippen LogP contribution in [0.4, 0.5) is 11.4 Å². The highest BCUT2D eigenvalue weighted by Crippen LogP contribution is 2.49. The van der Waals surface area contributed by atoms with Crippen molar-refractivity contribution >= 4 is 55.8 Å². The van der Waals surface area contributed by atoms with Crippen LogP contribution in [-0.2, 0) is 0 Å². The molecule has 0 amide bonds. The number of rotatable bonds is 2. The third-order valence-corrected chi connectivity index (χ3v) is 6.50. The molecule has 5 heteroatoms. The molecule has 6 rings (SSSR count). The summed E-state index contributed by atoms with van der Waals surface area (Å²) in [5, 5.41) is 2.51. The number of para-hydroxylation sites is 1. The minimum Gasteiger partial charge on any atom is -0.278 e. The summed E-state index contributed by atoms with van der Waals surface area (Å²) in [7, 11) is 0. The lowest BCUT2D eigenvalue weighted by atomic mass is 10.0. The predicted molar refractivity (Wildman–Crippen MR) is 129 cm³/mol. The Morgan fingerprint density at radius 1 is 0.655 bits per heavy atom. The fourth-order valence-electron chi connectivity index (χ4n) is 4.19. The molecule has 0 saturated heterocycles. The third kappa shape index (κ3) is 2.57. The van der Waals surface area contributed by atoms with E-state index in [0.717, 1.165) is 11.4 Å². The van der Waals surface area contributed by atoms with Crippen LogP contribution in [0.2, 0.25) is 0 Å². The number of hydrogen-bond donors (Lipinski definition) is 0. The first-order valence-corrected chi connectivity index (χ1v) is 11.3. The first kappa shape index (κ1) is 16.7. The van der Waals surface area contributed by atoms with E-state index in [1.54, 1.807) is 6.34 Å². The van der Waals surface area contributed by atoms with Crippen molar-refractivity contribution < 1.29 is 0 Å². The standard InChI is InChI=1S/C24H15IN4/c1-2-7-16(8-3-1)29(24-26-15-27-25-28-24)22-14-13-20-18-10-5-4-9-17(18)19-11-6-12-21(22)23(19)20/h1-15H. The van der Waals surface area contributed by atoms with Crippen LogP contribution in [0.25, 0.3) is 33.0 Å². The van der Waals surface area contributed by atoms with Crippen molar-refractivity contribution in [3.8, 4) is 22.3 Å². The molecule has 0 N–H and O–H groups in total. The number of halogens is 1. The zero-order chi connectivity index (χ0) is 19.2. The average molecular weight is 486 g/mol. The van der Waals surface area contributed by atoms with E-state index in [0.29, 0.717) is 5.96 Å². The number of fused-ring (bicyclic) bond motifs is 3. The van der Waals surface area contributed by atoms with Gasteiger partial charge in [-0.25, -0.2) is 0 Å². The number of benzene rings is 4. The van der Waals surface area contributed by atoms with Gasteiger partial charge in [0.05, 0.1) is 5.69 Å². The van der Waals surface area contributed by atoms with Gasteiger partial charge >= 0.3 is 0 Å². The quantitative estimate of drug-likeness (QED) is 0.246. The summed E-state index contributed by atoms with van der Waals surface area (Å²) in [5.41, 5.74) is 7.32. The molecular weight excluding hydrogens is 471 g/mol. The fourth-order valence-corrected chi connectivity index (χ4v) is 5.09. The van der Waals surface area contributed by atoms with E-state index in [4.69, 9.17) is 0 Å². The van der Waals surface area contributed by atoms with E-state index in [-0.39, 0.29) is 0 Å². The summed E-state index contributed by atoms with van der Waals surface area (Å²) >= 11 is -0.604. The fraction of sp³-hybridized carbons (Fsp3) is 0. The van der Waals surface area contributed by atoms with E-state index in [2.05, 4.69) is 83.0 Å².